The fourth-order valence-electron chi connectivity index (χ4n) is 3.47. The molecule has 2 aliphatic rings. The summed E-state index contributed by atoms with van der Waals surface area (Å²) >= 11 is 0. The first-order valence-electron chi connectivity index (χ1n) is 6.96. The topological polar surface area (TPSA) is 56.1 Å². The quantitative estimate of drug-likeness (QED) is 0.807. The van der Waals surface area contributed by atoms with Crippen molar-refractivity contribution in [3.05, 3.63) is 0 Å². The molecule has 2 fully saturated rings. The van der Waals surface area contributed by atoms with E-state index in [1.807, 2.05) is 6.92 Å². The Morgan fingerprint density at radius 3 is 2.83 bits per heavy atom. The van der Waals surface area contributed by atoms with Crippen LogP contribution in [0.15, 0.2) is 0 Å². The van der Waals surface area contributed by atoms with Crippen molar-refractivity contribution in [2.24, 2.45) is 11.3 Å². The highest BCUT2D eigenvalue weighted by molar-refractivity contribution is 5.82. The number of likely N-dealkylation sites (tertiary alicyclic amines) is 1. The summed E-state index contributed by atoms with van der Waals surface area (Å²) in [7, 11) is 1.70. The van der Waals surface area contributed by atoms with Gasteiger partial charge in [-0.3, -0.25) is 9.69 Å². The summed E-state index contributed by atoms with van der Waals surface area (Å²) in [6, 6.07) is 2.83. The fourth-order valence-corrected chi connectivity index (χ4v) is 3.47. The zero-order valence-electron chi connectivity index (χ0n) is 11.4. The van der Waals surface area contributed by atoms with Gasteiger partial charge in [0.25, 0.3) is 0 Å². The van der Waals surface area contributed by atoms with Crippen LogP contribution >= 0.6 is 0 Å². The van der Waals surface area contributed by atoms with E-state index in [1.54, 1.807) is 7.05 Å². The van der Waals surface area contributed by atoms with E-state index < -0.39 is 0 Å². The van der Waals surface area contributed by atoms with E-state index in [0.717, 1.165) is 32.4 Å². The first-order chi connectivity index (χ1) is 8.60. The molecule has 0 bridgehead atoms. The molecule has 3 atom stereocenters. The molecule has 3 unspecified atom stereocenters. The summed E-state index contributed by atoms with van der Waals surface area (Å²) in [4.78, 5) is 14.3. The average Bonchev–Trinajstić information content (AvgIpc) is 2.81. The van der Waals surface area contributed by atoms with E-state index in [-0.39, 0.29) is 17.2 Å². The summed E-state index contributed by atoms with van der Waals surface area (Å²) in [5.74, 6) is 0.292. The minimum Gasteiger partial charge on any atom is -0.359 e. The van der Waals surface area contributed by atoms with Crippen LogP contribution in [0.3, 0.4) is 0 Å². The van der Waals surface area contributed by atoms with E-state index in [1.165, 1.54) is 12.8 Å². The SMILES string of the molecule is CNC(=O)C1(C)CCN(C2CCCCC2C#N)C1. The lowest BCUT2D eigenvalue weighted by atomic mass is 9.84. The van der Waals surface area contributed by atoms with Gasteiger partial charge in [0.1, 0.15) is 0 Å². The predicted molar refractivity (Wildman–Crippen MR) is 69.7 cm³/mol. The molecule has 4 heteroatoms. The van der Waals surface area contributed by atoms with Crippen LogP contribution in [-0.2, 0) is 4.79 Å². The monoisotopic (exact) mass is 249 g/mol. The molecule has 1 N–H and O–H groups in total. The van der Waals surface area contributed by atoms with Gasteiger partial charge in [0.15, 0.2) is 0 Å². The zero-order chi connectivity index (χ0) is 13.2. The predicted octanol–water partition coefficient (Wildman–Crippen LogP) is 1.53. The highest BCUT2D eigenvalue weighted by atomic mass is 16.2. The molecule has 2 rings (SSSR count). The van der Waals surface area contributed by atoms with Crippen LogP contribution in [0.1, 0.15) is 39.0 Å². The molecular formula is C14H23N3O. The Hall–Kier alpha value is -1.08. The van der Waals surface area contributed by atoms with Crippen molar-refractivity contribution in [1.82, 2.24) is 10.2 Å². The highest BCUT2D eigenvalue weighted by Gasteiger charge is 2.43. The third-order valence-corrected chi connectivity index (χ3v) is 4.64. The Kier molecular flexibility index (Phi) is 3.91. The molecule has 1 aliphatic heterocycles. The molecule has 4 nitrogen and oxygen atoms in total. The molecule has 0 spiro atoms. The van der Waals surface area contributed by atoms with Gasteiger partial charge in [-0.25, -0.2) is 0 Å². The van der Waals surface area contributed by atoms with Crippen molar-refractivity contribution < 1.29 is 4.79 Å². The van der Waals surface area contributed by atoms with Crippen molar-refractivity contribution in [2.75, 3.05) is 20.1 Å². The molecule has 1 aliphatic carbocycles. The van der Waals surface area contributed by atoms with Gasteiger partial charge in [0.2, 0.25) is 5.91 Å². The number of carbonyl (C=O) groups excluding carboxylic acids is 1. The summed E-state index contributed by atoms with van der Waals surface area (Å²) in [5.41, 5.74) is -0.272. The van der Waals surface area contributed by atoms with Gasteiger partial charge in [0, 0.05) is 19.6 Å². The third kappa shape index (κ3) is 2.37. The van der Waals surface area contributed by atoms with Crippen LogP contribution in [0.5, 0.6) is 0 Å². The van der Waals surface area contributed by atoms with Crippen LogP contribution in [-0.4, -0.2) is 37.0 Å². The van der Waals surface area contributed by atoms with Gasteiger partial charge in [-0.1, -0.05) is 12.8 Å². The van der Waals surface area contributed by atoms with Crippen LogP contribution in [0, 0.1) is 22.7 Å². The first kappa shape index (κ1) is 13.4. The van der Waals surface area contributed by atoms with Gasteiger partial charge >= 0.3 is 0 Å². The Bertz CT molecular complexity index is 363. The lowest BCUT2D eigenvalue weighted by Crippen LogP contribution is -2.44. The molecular weight excluding hydrogens is 226 g/mol. The maximum absolute atomic E-state index is 11.9. The van der Waals surface area contributed by atoms with Gasteiger partial charge in [-0.2, -0.15) is 5.26 Å². The van der Waals surface area contributed by atoms with Crippen molar-refractivity contribution in [1.29, 1.82) is 5.26 Å². The zero-order valence-corrected chi connectivity index (χ0v) is 11.4. The average molecular weight is 249 g/mol. The molecule has 0 aromatic rings. The number of carbonyl (C=O) groups is 1. The molecule has 1 saturated carbocycles. The third-order valence-electron chi connectivity index (χ3n) is 4.64. The second-order valence-corrected chi connectivity index (χ2v) is 5.95. The summed E-state index contributed by atoms with van der Waals surface area (Å²) in [5, 5.41) is 12.0. The lowest BCUT2D eigenvalue weighted by Gasteiger charge is -2.35. The lowest BCUT2D eigenvalue weighted by molar-refractivity contribution is -0.129. The summed E-state index contributed by atoms with van der Waals surface area (Å²) < 4.78 is 0. The molecule has 0 radical (unpaired) electrons. The second-order valence-electron chi connectivity index (χ2n) is 5.95. The number of nitrogens with zero attached hydrogens (tertiary/aromatic N) is 2. The number of hydrogen-bond donors (Lipinski definition) is 1. The largest absolute Gasteiger partial charge is 0.359 e. The van der Waals surface area contributed by atoms with Crippen molar-refractivity contribution >= 4 is 5.91 Å². The molecule has 100 valence electrons. The first-order valence-corrected chi connectivity index (χ1v) is 6.96. The summed E-state index contributed by atoms with van der Waals surface area (Å²) in [6.07, 6.45) is 5.43. The van der Waals surface area contributed by atoms with E-state index >= 15 is 0 Å². The van der Waals surface area contributed by atoms with E-state index in [9.17, 15) is 10.1 Å². The van der Waals surface area contributed by atoms with E-state index in [2.05, 4.69) is 16.3 Å². The molecule has 1 heterocycles. The fraction of sp³-hybridized carbons (Fsp3) is 0.857. The Balaban J connectivity index is 2.04. The number of hydrogen-bond acceptors (Lipinski definition) is 3. The van der Waals surface area contributed by atoms with Gasteiger partial charge in [0.05, 0.1) is 17.4 Å². The summed E-state index contributed by atoms with van der Waals surface area (Å²) in [6.45, 7) is 3.79. The molecule has 1 saturated heterocycles. The number of amides is 1. The Morgan fingerprint density at radius 2 is 2.17 bits per heavy atom. The van der Waals surface area contributed by atoms with E-state index in [0.29, 0.717) is 6.04 Å². The molecule has 0 aromatic heterocycles. The Morgan fingerprint density at radius 1 is 1.44 bits per heavy atom. The highest BCUT2D eigenvalue weighted by Crippen LogP contribution is 2.36. The normalized spacial score (nSPS) is 37.2. The van der Waals surface area contributed by atoms with Gasteiger partial charge < -0.3 is 5.32 Å². The number of nitriles is 1. The standard InChI is InChI=1S/C14H23N3O/c1-14(13(18)16-2)7-8-17(10-14)12-6-4-3-5-11(12)9-15/h11-12H,3-8,10H2,1-2H3,(H,16,18). The van der Waals surface area contributed by atoms with Crippen LogP contribution in [0.4, 0.5) is 0 Å². The number of nitrogens with one attached hydrogen (secondary N) is 1. The molecule has 0 aromatic carbocycles. The molecule has 18 heavy (non-hydrogen) atoms. The van der Waals surface area contributed by atoms with Crippen molar-refractivity contribution in [3.8, 4) is 6.07 Å². The minimum atomic E-state index is -0.272. The second kappa shape index (κ2) is 5.27. The van der Waals surface area contributed by atoms with Crippen molar-refractivity contribution in [3.63, 3.8) is 0 Å². The van der Waals surface area contributed by atoms with E-state index in [4.69, 9.17) is 0 Å². The van der Waals surface area contributed by atoms with Gasteiger partial charge in [-0.05, 0) is 32.7 Å². The number of rotatable bonds is 2. The maximum atomic E-state index is 11.9. The smallest absolute Gasteiger partial charge is 0.227 e. The van der Waals surface area contributed by atoms with Crippen LogP contribution in [0.25, 0.3) is 0 Å². The maximum Gasteiger partial charge on any atom is 0.227 e. The van der Waals surface area contributed by atoms with Crippen LogP contribution < -0.4 is 5.32 Å². The van der Waals surface area contributed by atoms with Gasteiger partial charge in [-0.15, -0.1) is 0 Å². The van der Waals surface area contributed by atoms with Crippen LogP contribution in [0.2, 0.25) is 0 Å². The Labute approximate surface area is 109 Å². The molecule has 1 amide bonds. The minimum absolute atomic E-state index is 0.134. The van der Waals surface area contributed by atoms with Crippen molar-refractivity contribution in [2.45, 2.75) is 45.1 Å².